The number of carbonyl (C=O) groups excluding carboxylic acids is 1. The second-order valence-electron chi connectivity index (χ2n) is 6.02. The summed E-state index contributed by atoms with van der Waals surface area (Å²) in [6.45, 7) is 1.83. The zero-order chi connectivity index (χ0) is 21.0. The summed E-state index contributed by atoms with van der Waals surface area (Å²) in [6, 6.07) is 11.7. The maximum absolute atomic E-state index is 12.9. The molecule has 10 heteroatoms. The zero-order valence-electron chi connectivity index (χ0n) is 15.6. The monoisotopic (exact) mass is 435 g/mol. The Labute approximate surface area is 171 Å². The van der Waals surface area contributed by atoms with Gasteiger partial charge in [-0.1, -0.05) is 23.5 Å². The minimum atomic E-state index is -3.85. The van der Waals surface area contributed by atoms with E-state index >= 15 is 0 Å². The third kappa shape index (κ3) is 5.09. The number of benzene rings is 2. The second kappa shape index (κ2) is 8.58. The fraction of sp³-hybridized carbons (Fsp3) is 0.158. The number of rotatable bonds is 7. The highest BCUT2D eigenvalue weighted by atomic mass is 32.2. The lowest BCUT2D eigenvalue weighted by Crippen LogP contribution is -2.22. The summed E-state index contributed by atoms with van der Waals surface area (Å²) < 4.78 is 45.4. The average Bonchev–Trinajstić information content (AvgIpc) is 3.06. The molecule has 29 heavy (non-hydrogen) atoms. The Morgan fingerprint density at radius 3 is 2.41 bits per heavy atom. The Bertz CT molecular complexity index is 1110. The van der Waals surface area contributed by atoms with Crippen LogP contribution in [0.15, 0.2) is 53.4 Å². The number of halogens is 1. The van der Waals surface area contributed by atoms with E-state index in [1.807, 2.05) is 0 Å². The van der Waals surface area contributed by atoms with Crippen molar-refractivity contribution in [2.75, 3.05) is 11.8 Å². The number of ether oxygens (including phenoxy) is 1. The number of thiazole rings is 1. The first-order chi connectivity index (χ1) is 13.8. The van der Waals surface area contributed by atoms with Gasteiger partial charge in [-0.2, -0.15) is 0 Å². The van der Waals surface area contributed by atoms with Gasteiger partial charge in [-0.25, -0.2) is 17.8 Å². The number of hydrogen-bond donors (Lipinski definition) is 2. The van der Waals surface area contributed by atoms with E-state index in [0.29, 0.717) is 16.3 Å². The predicted octanol–water partition coefficient (Wildman–Crippen LogP) is 3.33. The van der Waals surface area contributed by atoms with Crippen molar-refractivity contribution < 1.29 is 22.3 Å². The van der Waals surface area contributed by atoms with Crippen LogP contribution in [0.5, 0.6) is 5.75 Å². The van der Waals surface area contributed by atoms with Crippen LogP contribution in [0.4, 0.5) is 9.52 Å². The number of nitrogens with zero attached hydrogens (tertiary/aromatic N) is 1. The molecule has 0 atom stereocenters. The quantitative estimate of drug-likeness (QED) is 0.593. The van der Waals surface area contributed by atoms with Crippen molar-refractivity contribution in [3.8, 4) is 5.75 Å². The molecule has 0 saturated heterocycles. The SMILES string of the molecule is COc1ccc(S(=O)(=O)Nc2nc(C)c(C(=O)NCc3ccc(F)cc3)s2)cc1. The van der Waals surface area contributed by atoms with Gasteiger partial charge in [0.2, 0.25) is 0 Å². The molecular formula is C19H18FN3O4S2. The van der Waals surface area contributed by atoms with Gasteiger partial charge in [0.05, 0.1) is 17.7 Å². The first kappa shape index (κ1) is 20.7. The molecule has 7 nitrogen and oxygen atoms in total. The van der Waals surface area contributed by atoms with Crippen LogP contribution in [-0.2, 0) is 16.6 Å². The lowest BCUT2D eigenvalue weighted by molar-refractivity contribution is 0.0954. The third-order valence-corrected chi connectivity index (χ3v) is 6.52. The van der Waals surface area contributed by atoms with Crippen molar-refractivity contribution in [2.45, 2.75) is 18.4 Å². The molecule has 1 amide bonds. The average molecular weight is 436 g/mol. The summed E-state index contributed by atoms with van der Waals surface area (Å²) >= 11 is 0.936. The van der Waals surface area contributed by atoms with Crippen LogP contribution in [0.2, 0.25) is 0 Å². The lowest BCUT2D eigenvalue weighted by atomic mass is 10.2. The van der Waals surface area contributed by atoms with Gasteiger partial charge in [-0.05, 0) is 48.9 Å². The van der Waals surface area contributed by atoms with Crippen molar-refractivity contribution >= 4 is 32.4 Å². The van der Waals surface area contributed by atoms with E-state index < -0.39 is 10.0 Å². The molecular weight excluding hydrogens is 417 g/mol. The molecule has 2 N–H and O–H groups in total. The van der Waals surface area contributed by atoms with Crippen LogP contribution in [0, 0.1) is 12.7 Å². The number of anilines is 1. The maximum atomic E-state index is 12.9. The maximum Gasteiger partial charge on any atom is 0.263 e. The molecule has 0 aliphatic heterocycles. The van der Waals surface area contributed by atoms with E-state index in [0.717, 1.165) is 16.9 Å². The summed E-state index contributed by atoms with van der Waals surface area (Å²) in [5.74, 6) is -0.208. The van der Waals surface area contributed by atoms with Gasteiger partial charge in [0, 0.05) is 6.54 Å². The number of hydrogen-bond acceptors (Lipinski definition) is 6. The fourth-order valence-corrected chi connectivity index (χ4v) is 4.56. The first-order valence-electron chi connectivity index (χ1n) is 8.45. The van der Waals surface area contributed by atoms with E-state index in [1.165, 1.54) is 43.5 Å². The minimum Gasteiger partial charge on any atom is -0.497 e. The van der Waals surface area contributed by atoms with Crippen LogP contribution in [0.25, 0.3) is 0 Å². The topological polar surface area (TPSA) is 97.4 Å². The molecule has 0 unspecified atom stereocenters. The number of aromatic nitrogens is 1. The van der Waals surface area contributed by atoms with E-state index in [1.54, 1.807) is 19.1 Å². The minimum absolute atomic E-state index is 0.0495. The number of carbonyl (C=O) groups is 1. The first-order valence-corrected chi connectivity index (χ1v) is 10.8. The van der Waals surface area contributed by atoms with Crippen molar-refractivity contribution in [2.24, 2.45) is 0 Å². The molecule has 152 valence electrons. The molecule has 0 aliphatic rings. The van der Waals surface area contributed by atoms with Crippen LogP contribution in [-0.4, -0.2) is 26.4 Å². The molecule has 0 fully saturated rings. The highest BCUT2D eigenvalue weighted by molar-refractivity contribution is 7.93. The summed E-state index contributed by atoms with van der Waals surface area (Å²) in [7, 11) is -2.36. The van der Waals surface area contributed by atoms with Gasteiger partial charge in [0.25, 0.3) is 15.9 Å². The second-order valence-corrected chi connectivity index (χ2v) is 8.71. The highest BCUT2D eigenvalue weighted by Crippen LogP contribution is 2.26. The Kier molecular flexibility index (Phi) is 6.14. The smallest absolute Gasteiger partial charge is 0.263 e. The molecule has 1 aromatic heterocycles. The predicted molar refractivity (Wildman–Crippen MR) is 108 cm³/mol. The van der Waals surface area contributed by atoms with Crippen LogP contribution in [0.1, 0.15) is 20.9 Å². The van der Waals surface area contributed by atoms with Crippen LogP contribution < -0.4 is 14.8 Å². The zero-order valence-corrected chi connectivity index (χ0v) is 17.2. The van der Waals surface area contributed by atoms with E-state index in [2.05, 4.69) is 15.0 Å². The molecule has 3 aromatic rings. The number of amides is 1. The molecule has 0 saturated carbocycles. The molecule has 0 radical (unpaired) electrons. The Morgan fingerprint density at radius 2 is 1.79 bits per heavy atom. The molecule has 0 bridgehead atoms. The van der Waals surface area contributed by atoms with E-state index in [4.69, 9.17) is 4.74 Å². The van der Waals surface area contributed by atoms with Crippen molar-refractivity contribution in [1.82, 2.24) is 10.3 Å². The van der Waals surface area contributed by atoms with Gasteiger partial charge >= 0.3 is 0 Å². The van der Waals surface area contributed by atoms with Crippen molar-refractivity contribution in [3.63, 3.8) is 0 Å². The summed E-state index contributed by atoms with van der Waals surface area (Å²) in [6.07, 6.45) is 0. The number of methoxy groups -OCH3 is 1. The van der Waals surface area contributed by atoms with Gasteiger partial charge in [0.15, 0.2) is 5.13 Å². The standard InChI is InChI=1S/C19H18FN3O4S2/c1-12-17(18(24)21-11-13-3-5-14(20)6-4-13)28-19(22-12)23-29(25,26)16-9-7-15(27-2)8-10-16/h3-10H,11H2,1-2H3,(H,21,24)(H,22,23). The Balaban J connectivity index is 1.70. The Morgan fingerprint density at radius 1 is 1.14 bits per heavy atom. The molecule has 0 aliphatic carbocycles. The lowest BCUT2D eigenvalue weighted by Gasteiger charge is -2.06. The molecule has 3 rings (SSSR count). The fourth-order valence-electron chi connectivity index (χ4n) is 2.44. The van der Waals surface area contributed by atoms with E-state index in [-0.39, 0.29) is 28.3 Å². The van der Waals surface area contributed by atoms with Gasteiger partial charge in [0.1, 0.15) is 16.4 Å². The Hall–Kier alpha value is -2.98. The van der Waals surface area contributed by atoms with Crippen LogP contribution in [0.3, 0.4) is 0 Å². The summed E-state index contributed by atoms with van der Waals surface area (Å²) in [5.41, 5.74) is 1.14. The van der Waals surface area contributed by atoms with Gasteiger partial charge in [-0.15, -0.1) is 0 Å². The van der Waals surface area contributed by atoms with Gasteiger partial charge < -0.3 is 10.1 Å². The van der Waals surface area contributed by atoms with Crippen LogP contribution >= 0.6 is 11.3 Å². The number of nitrogens with one attached hydrogen (secondary N) is 2. The molecule has 0 spiro atoms. The van der Waals surface area contributed by atoms with Crippen molar-refractivity contribution in [3.05, 3.63) is 70.5 Å². The largest absolute Gasteiger partial charge is 0.497 e. The molecule has 1 heterocycles. The summed E-state index contributed by atoms with van der Waals surface area (Å²) in [5, 5.41) is 2.80. The summed E-state index contributed by atoms with van der Waals surface area (Å²) in [4.78, 5) is 16.9. The van der Waals surface area contributed by atoms with Crippen molar-refractivity contribution in [1.29, 1.82) is 0 Å². The highest BCUT2D eigenvalue weighted by Gasteiger charge is 2.20. The number of aryl methyl sites for hydroxylation is 1. The normalized spacial score (nSPS) is 11.1. The number of sulfonamides is 1. The third-order valence-electron chi connectivity index (χ3n) is 3.96. The van der Waals surface area contributed by atoms with Gasteiger partial charge in [-0.3, -0.25) is 9.52 Å². The van der Waals surface area contributed by atoms with E-state index in [9.17, 15) is 17.6 Å². The molecule has 2 aromatic carbocycles.